The van der Waals surface area contributed by atoms with Gasteiger partial charge in [0.2, 0.25) is 5.88 Å². The summed E-state index contributed by atoms with van der Waals surface area (Å²) in [6.45, 7) is 5.83. The molecule has 1 saturated heterocycles. The molecule has 1 aromatic heterocycles. The molecular weight excluding hydrogens is 304 g/mol. The number of methoxy groups -OCH3 is 1. The molecular formula is C18H24N4O2. The van der Waals surface area contributed by atoms with Gasteiger partial charge in [-0.05, 0) is 32.4 Å². The lowest BCUT2D eigenvalue weighted by Crippen LogP contribution is -2.26. The summed E-state index contributed by atoms with van der Waals surface area (Å²) in [6, 6.07) is 8.44. The summed E-state index contributed by atoms with van der Waals surface area (Å²) in [5.74, 6) is 2.21. The first-order valence-corrected chi connectivity index (χ1v) is 8.29. The van der Waals surface area contributed by atoms with Gasteiger partial charge in [0.05, 0.1) is 31.3 Å². The number of ether oxygens (including phenoxy) is 2. The van der Waals surface area contributed by atoms with E-state index in [1.807, 2.05) is 32.0 Å². The molecule has 0 bridgehead atoms. The van der Waals surface area contributed by atoms with Crippen LogP contribution in [0.1, 0.15) is 20.3 Å². The first-order valence-electron chi connectivity index (χ1n) is 8.29. The Bertz CT molecular complexity index is 678. The molecule has 0 aliphatic carbocycles. The zero-order valence-corrected chi connectivity index (χ0v) is 14.4. The maximum absolute atomic E-state index is 5.60. The lowest BCUT2D eigenvalue weighted by atomic mass is 10.2. The van der Waals surface area contributed by atoms with Crippen molar-refractivity contribution in [1.82, 2.24) is 9.97 Å². The minimum atomic E-state index is 0.0852. The van der Waals surface area contributed by atoms with Crippen LogP contribution in [0.5, 0.6) is 11.6 Å². The van der Waals surface area contributed by atoms with Crippen LogP contribution in [-0.4, -0.2) is 42.3 Å². The van der Waals surface area contributed by atoms with Gasteiger partial charge in [-0.1, -0.05) is 12.1 Å². The van der Waals surface area contributed by atoms with E-state index in [0.717, 1.165) is 36.8 Å². The zero-order chi connectivity index (χ0) is 16.9. The Kier molecular flexibility index (Phi) is 5.03. The van der Waals surface area contributed by atoms with Crippen molar-refractivity contribution in [3.8, 4) is 11.6 Å². The van der Waals surface area contributed by atoms with E-state index in [1.165, 1.54) is 0 Å². The largest absolute Gasteiger partial charge is 0.495 e. The Balaban J connectivity index is 1.64. The molecule has 1 aromatic carbocycles. The molecule has 128 valence electrons. The Hall–Kier alpha value is -2.50. The summed E-state index contributed by atoms with van der Waals surface area (Å²) < 4.78 is 11.1. The zero-order valence-electron chi connectivity index (χ0n) is 14.4. The minimum Gasteiger partial charge on any atom is -0.495 e. The molecule has 1 aliphatic heterocycles. The molecule has 2 heterocycles. The molecule has 24 heavy (non-hydrogen) atoms. The molecule has 1 fully saturated rings. The highest BCUT2D eigenvalue weighted by Gasteiger charge is 2.24. The van der Waals surface area contributed by atoms with Crippen LogP contribution >= 0.6 is 0 Å². The van der Waals surface area contributed by atoms with Crippen molar-refractivity contribution in [2.24, 2.45) is 0 Å². The molecule has 1 N–H and O–H groups in total. The van der Waals surface area contributed by atoms with Crippen LogP contribution in [0.25, 0.3) is 0 Å². The molecule has 6 heteroatoms. The summed E-state index contributed by atoms with van der Waals surface area (Å²) >= 11 is 0. The van der Waals surface area contributed by atoms with Gasteiger partial charge in [-0.3, -0.25) is 4.98 Å². The molecule has 0 saturated carbocycles. The molecule has 3 rings (SSSR count). The van der Waals surface area contributed by atoms with E-state index in [4.69, 9.17) is 9.47 Å². The van der Waals surface area contributed by atoms with E-state index in [2.05, 4.69) is 26.3 Å². The summed E-state index contributed by atoms with van der Waals surface area (Å²) in [7, 11) is 1.71. The highest BCUT2D eigenvalue weighted by atomic mass is 16.5. The van der Waals surface area contributed by atoms with Gasteiger partial charge < -0.3 is 19.7 Å². The molecule has 0 spiro atoms. The third-order valence-electron chi connectivity index (χ3n) is 3.94. The Morgan fingerprint density at radius 2 is 2.08 bits per heavy atom. The number of anilines is 2. The second-order valence-electron chi connectivity index (χ2n) is 6.16. The fourth-order valence-electron chi connectivity index (χ4n) is 2.91. The van der Waals surface area contributed by atoms with E-state index in [1.54, 1.807) is 19.5 Å². The maximum Gasteiger partial charge on any atom is 0.234 e. The first kappa shape index (κ1) is 16.4. The molecule has 0 radical (unpaired) electrons. The Morgan fingerprint density at radius 1 is 1.25 bits per heavy atom. The van der Waals surface area contributed by atoms with E-state index in [9.17, 15) is 0 Å². The topological polar surface area (TPSA) is 59.5 Å². The van der Waals surface area contributed by atoms with E-state index in [0.29, 0.717) is 11.9 Å². The predicted octanol–water partition coefficient (Wildman–Crippen LogP) is 2.96. The monoisotopic (exact) mass is 328 g/mol. The van der Waals surface area contributed by atoms with Crippen LogP contribution in [0.15, 0.2) is 36.7 Å². The van der Waals surface area contributed by atoms with Gasteiger partial charge in [-0.25, -0.2) is 0 Å². The van der Waals surface area contributed by atoms with E-state index < -0.39 is 0 Å². The minimum absolute atomic E-state index is 0.0852. The normalized spacial score (nSPS) is 17.2. The SMILES string of the molecule is COc1ccccc1N1CCC(Nc2cncc(OC(C)C)n2)C1. The highest BCUT2D eigenvalue weighted by molar-refractivity contribution is 5.59. The summed E-state index contributed by atoms with van der Waals surface area (Å²) in [4.78, 5) is 11.0. The fraction of sp³-hybridized carbons (Fsp3) is 0.444. The van der Waals surface area contributed by atoms with Crippen LogP contribution in [0.4, 0.5) is 11.5 Å². The number of nitrogens with zero attached hydrogens (tertiary/aromatic N) is 3. The van der Waals surface area contributed by atoms with Crippen LogP contribution in [0.3, 0.4) is 0 Å². The number of hydrogen-bond acceptors (Lipinski definition) is 6. The molecule has 1 aliphatic rings. The van der Waals surface area contributed by atoms with Crippen molar-refractivity contribution in [2.75, 3.05) is 30.4 Å². The van der Waals surface area contributed by atoms with E-state index in [-0.39, 0.29) is 6.10 Å². The molecule has 6 nitrogen and oxygen atoms in total. The van der Waals surface area contributed by atoms with Crippen molar-refractivity contribution < 1.29 is 9.47 Å². The number of para-hydroxylation sites is 2. The van der Waals surface area contributed by atoms with Gasteiger partial charge in [0.25, 0.3) is 0 Å². The quantitative estimate of drug-likeness (QED) is 0.880. The van der Waals surface area contributed by atoms with Crippen molar-refractivity contribution in [3.63, 3.8) is 0 Å². The third-order valence-corrected chi connectivity index (χ3v) is 3.94. The number of hydrogen-bond donors (Lipinski definition) is 1. The summed E-state index contributed by atoms with van der Waals surface area (Å²) in [5.41, 5.74) is 1.13. The van der Waals surface area contributed by atoms with Gasteiger partial charge in [0, 0.05) is 19.1 Å². The van der Waals surface area contributed by atoms with Crippen molar-refractivity contribution in [1.29, 1.82) is 0 Å². The standard InChI is InChI=1S/C18H24N4O2/c1-13(2)24-18-11-19-10-17(21-18)20-14-8-9-22(12-14)15-6-4-5-7-16(15)23-3/h4-7,10-11,13-14H,8-9,12H2,1-3H3,(H,20,21). The van der Waals surface area contributed by atoms with Crippen molar-refractivity contribution in [3.05, 3.63) is 36.7 Å². The van der Waals surface area contributed by atoms with Crippen LogP contribution in [0, 0.1) is 0 Å². The van der Waals surface area contributed by atoms with Gasteiger partial charge in [-0.2, -0.15) is 4.98 Å². The van der Waals surface area contributed by atoms with Crippen molar-refractivity contribution >= 4 is 11.5 Å². The fourth-order valence-corrected chi connectivity index (χ4v) is 2.91. The molecule has 2 aromatic rings. The third kappa shape index (κ3) is 3.88. The average Bonchev–Trinajstić information content (AvgIpc) is 3.03. The Labute approximate surface area is 142 Å². The van der Waals surface area contributed by atoms with Crippen molar-refractivity contribution in [2.45, 2.75) is 32.4 Å². The molecule has 0 amide bonds. The van der Waals surface area contributed by atoms with Gasteiger partial charge in [-0.15, -0.1) is 0 Å². The summed E-state index contributed by atoms with van der Waals surface area (Å²) in [6.07, 6.45) is 4.50. The van der Waals surface area contributed by atoms with Gasteiger partial charge >= 0.3 is 0 Å². The summed E-state index contributed by atoms with van der Waals surface area (Å²) in [5, 5.41) is 3.46. The van der Waals surface area contributed by atoms with Crippen LogP contribution in [0.2, 0.25) is 0 Å². The second kappa shape index (κ2) is 7.38. The smallest absolute Gasteiger partial charge is 0.234 e. The molecule has 1 atom stereocenters. The second-order valence-corrected chi connectivity index (χ2v) is 6.16. The predicted molar refractivity (Wildman–Crippen MR) is 95.0 cm³/mol. The molecule has 1 unspecified atom stereocenters. The lowest BCUT2D eigenvalue weighted by molar-refractivity contribution is 0.232. The van der Waals surface area contributed by atoms with Crippen LogP contribution in [-0.2, 0) is 0 Å². The van der Waals surface area contributed by atoms with Gasteiger partial charge in [0.1, 0.15) is 11.6 Å². The highest BCUT2D eigenvalue weighted by Crippen LogP contribution is 2.30. The van der Waals surface area contributed by atoms with E-state index >= 15 is 0 Å². The number of nitrogens with one attached hydrogen (secondary N) is 1. The number of rotatable bonds is 6. The maximum atomic E-state index is 5.60. The van der Waals surface area contributed by atoms with Gasteiger partial charge in [0.15, 0.2) is 0 Å². The average molecular weight is 328 g/mol. The first-order chi connectivity index (χ1) is 11.7. The Morgan fingerprint density at radius 3 is 2.88 bits per heavy atom. The van der Waals surface area contributed by atoms with Crippen LogP contribution < -0.4 is 19.7 Å². The number of aromatic nitrogens is 2. The number of benzene rings is 1. The lowest BCUT2D eigenvalue weighted by Gasteiger charge is -2.21.